The van der Waals surface area contributed by atoms with Crippen LogP contribution in [0.2, 0.25) is 0 Å². The van der Waals surface area contributed by atoms with Crippen LogP contribution in [0.4, 0.5) is 0 Å². The van der Waals surface area contributed by atoms with E-state index >= 15 is 0 Å². The number of aliphatic hydroxyl groups excluding tert-OH is 2. The van der Waals surface area contributed by atoms with Crippen molar-refractivity contribution in [2.24, 2.45) is 0 Å². The molecule has 0 aromatic heterocycles. The third kappa shape index (κ3) is 3.57. The van der Waals surface area contributed by atoms with E-state index < -0.39 is 12.2 Å². The van der Waals surface area contributed by atoms with Gasteiger partial charge in [0.2, 0.25) is 0 Å². The number of allylic oxidation sites excluding steroid dienone is 1. The maximum atomic E-state index is 10.7. The smallest absolute Gasteiger partial charge is 0.136 e. The van der Waals surface area contributed by atoms with Crippen LogP contribution in [-0.2, 0) is 0 Å². The van der Waals surface area contributed by atoms with E-state index in [1.54, 1.807) is 38.5 Å². The Morgan fingerprint density at radius 2 is 1.38 bits per heavy atom. The molecule has 2 atom stereocenters. The van der Waals surface area contributed by atoms with Gasteiger partial charge in [-0.3, -0.25) is 0 Å². The summed E-state index contributed by atoms with van der Waals surface area (Å²) in [7, 11) is 6.15. The second-order valence-corrected chi connectivity index (χ2v) is 6.10. The Morgan fingerprint density at radius 3 is 1.85 bits per heavy atom. The molecule has 142 valence electrons. The van der Waals surface area contributed by atoms with Crippen molar-refractivity contribution in [3.63, 3.8) is 0 Å². The summed E-state index contributed by atoms with van der Waals surface area (Å²) in [4.78, 5) is 0. The molecule has 0 saturated carbocycles. The van der Waals surface area contributed by atoms with Crippen LogP contribution in [0.1, 0.15) is 25.5 Å². The Hall–Kier alpha value is -2.44. The highest BCUT2D eigenvalue weighted by molar-refractivity contribution is 6.03. The van der Waals surface area contributed by atoms with Gasteiger partial charge in [-0.1, -0.05) is 11.6 Å². The molecule has 0 radical (unpaired) electrons. The SMILES string of the molecule is COc1ccc(OC)c2c(OC)c([C@@H](O)[C@@H](O)C=C(C)C)cc(OC)c12. The van der Waals surface area contributed by atoms with Crippen molar-refractivity contribution >= 4 is 10.8 Å². The largest absolute Gasteiger partial charge is 0.496 e. The van der Waals surface area contributed by atoms with Gasteiger partial charge in [0.05, 0.1) is 39.2 Å². The molecule has 2 aromatic rings. The monoisotopic (exact) mass is 362 g/mol. The molecule has 0 spiro atoms. The zero-order valence-corrected chi connectivity index (χ0v) is 16.0. The van der Waals surface area contributed by atoms with Crippen LogP contribution >= 0.6 is 0 Å². The molecule has 0 aliphatic carbocycles. The van der Waals surface area contributed by atoms with Gasteiger partial charge in [0.15, 0.2) is 0 Å². The Balaban J connectivity index is 2.87. The number of aliphatic hydroxyl groups is 2. The van der Waals surface area contributed by atoms with Gasteiger partial charge >= 0.3 is 0 Å². The third-order valence-corrected chi connectivity index (χ3v) is 4.16. The van der Waals surface area contributed by atoms with E-state index in [0.717, 1.165) is 5.57 Å². The maximum absolute atomic E-state index is 10.7. The van der Waals surface area contributed by atoms with Crippen LogP contribution in [-0.4, -0.2) is 44.8 Å². The van der Waals surface area contributed by atoms with Gasteiger partial charge in [-0.05, 0) is 32.0 Å². The number of ether oxygens (including phenoxy) is 4. The fourth-order valence-electron chi connectivity index (χ4n) is 3.02. The minimum Gasteiger partial charge on any atom is -0.496 e. The molecule has 0 aliphatic heterocycles. The minimum atomic E-state index is -1.20. The van der Waals surface area contributed by atoms with Gasteiger partial charge < -0.3 is 29.2 Å². The van der Waals surface area contributed by atoms with Crippen molar-refractivity contribution in [1.82, 2.24) is 0 Å². The summed E-state index contributed by atoms with van der Waals surface area (Å²) in [6, 6.07) is 5.18. The molecule has 6 nitrogen and oxygen atoms in total. The average molecular weight is 362 g/mol. The van der Waals surface area contributed by atoms with Crippen molar-refractivity contribution in [1.29, 1.82) is 0 Å². The van der Waals surface area contributed by atoms with Gasteiger partial charge in [-0.2, -0.15) is 0 Å². The topological polar surface area (TPSA) is 77.4 Å². The summed E-state index contributed by atoms with van der Waals surface area (Å²) in [5.74, 6) is 2.00. The van der Waals surface area contributed by atoms with Gasteiger partial charge in [-0.15, -0.1) is 0 Å². The Labute approximate surface area is 153 Å². The van der Waals surface area contributed by atoms with E-state index in [0.29, 0.717) is 39.3 Å². The lowest BCUT2D eigenvalue weighted by Crippen LogP contribution is -2.17. The first-order valence-corrected chi connectivity index (χ1v) is 8.20. The van der Waals surface area contributed by atoms with Crippen molar-refractivity contribution in [2.45, 2.75) is 26.1 Å². The zero-order valence-electron chi connectivity index (χ0n) is 16.0. The molecule has 0 amide bonds. The second-order valence-electron chi connectivity index (χ2n) is 6.10. The molecule has 26 heavy (non-hydrogen) atoms. The Kier molecular flexibility index (Phi) is 6.34. The molecule has 2 rings (SSSR count). The molecular formula is C20H26O6. The van der Waals surface area contributed by atoms with Gasteiger partial charge in [-0.25, -0.2) is 0 Å². The fraction of sp³-hybridized carbons (Fsp3) is 0.400. The van der Waals surface area contributed by atoms with E-state index in [4.69, 9.17) is 18.9 Å². The molecule has 0 saturated heterocycles. The summed E-state index contributed by atoms with van der Waals surface area (Å²) in [6.45, 7) is 3.70. The van der Waals surface area contributed by atoms with E-state index in [1.807, 2.05) is 13.8 Å². The molecule has 0 heterocycles. The van der Waals surface area contributed by atoms with Crippen molar-refractivity contribution < 1.29 is 29.2 Å². The number of hydrogen-bond acceptors (Lipinski definition) is 6. The van der Waals surface area contributed by atoms with Crippen LogP contribution in [0.5, 0.6) is 23.0 Å². The average Bonchev–Trinajstić information content (AvgIpc) is 2.64. The van der Waals surface area contributed by atoms with Crippen molar-refractivity contribution in [2.75, 3.05) is 28.4 Å². The summed E-state index contributed by atoms with van der Waals surface area (Å²) in [5.41, 5.74) is 1.29. The summed E-state index contributed by atoms with van der Waals surface area (Å²) in [5, 5.41) is 22.3. The highest BCUT2D eigenvalue weighted by atomic mass is 16.5. The standard InChI is InChI=1S/C20H26O6/c1-11(2)9-13(21)19(22)12-10-16(25-5)17-14(23-3)7-8-15(24-4)18(17)20(12)26-6/h7-10,13,19,21-22H,1-6H3/t13-,19+/m0/s1. The van der Waals surface area contributed by atoms with E-state index in [-0.39, 0.29) is 0 Å². The van der Waals surface area contributed by atoms with E-state index in [9.17, 15) is 10.2 Å². The first-order valence-electron chi connectivity index (χ1n) is 8.20. The predicted octanol–water partition coefficient (Wildman–Crippen LogP) is 3.23. The lowest BCUT2D eigenvalue weighted by atomic mass is 9.96. The predicted molar refractivity (Wildman–Crippen MR) is 101 cm³/mol. The van der Waals surface area contributed by atoms with Gasteiger partial charge in [0, 0.05) is 5.56 Å². The van der Waals surface area contributed by atoms with Crippen LogP contribution in [0.15, 0.2) is 29.8 Å². The third-order valence-electron chi connectivity index (χ3n) is 4.16. The first kappa shape index (κ1) is 19.9. The number of methoxy groups -OCH3 is 4. The Morgan fingerprint density at radius 1 is 0.846 bits per heavy atom. The number of fused-ring (bicyclic) bond motifs is 1. The molecule has 0 aliphatic rings. The zero-order chi connectivity index (χ0) is 19.4. The van der Waals surface area contributed by atoms with Crippen molar-refractivity contribution in [3.05, 3.63) is 35.4 Å². The molecular weight excluding hydrogens is 336 g/mol. The quantitative estimate of drug-likeness (QED) is 0.737. The normalized spacial score (nSPS) is 13.1. The lowest BCUT2D eigenvalue weighted by Gasteiger charge is -2.23. The minimum absolute atomic E-state index is 0.394. The number of rotatable bonds is 7. The molecule has 2 aromatic carbocycles. The van der Waals surface area contributed by atoms with Crippen LogP contribution in [0, 0.1) is 0 Å². The summed E-state index contributed by atoms with van der Waals surface area (Å²) < 4.78 is 22.1. The molecule has 0 unspecified atom stereocenters. The summed E-state index contributed by atoms with van der Waals surface area (Å²) >= 11 is 0. The van der Waals surface area contributed by atoms with Crippen molar-refractivity contribution in [3.8, 4) is 23.0 Å². The van der Waals surface area contributed by atoms with Crippen LogP contribution in [0.3, 0.4) is 0 Å². The van der Waals surface area contributed by atoms with E-state index in [2.05, 4.69) is 0 Å². The van der Waals surface area contributed by atoms with Crippen LogP contribution in [0.25, 0.3) is 10.8 Å². The summed E-state index contributed by atoms with van der Waals surface area (Å²) in [6.07, 6.45) is -0.703. The van der Waals surface area contributed by atoms with Gasteiger partial charge in [0.1, 0.15) is 35.2 Å². The highest BCUT2D eigenvalue weighted by Gasteiger charge is 2.27. The molecule has 0 fully saturated rings. The fourth-order valence-corrected chi connectivity index (χ4v) is 3.02. The van der Waals surface area contributed by atoms with Gasteiger partial charge in [0.25, 0.3) is 0 Å². The maximum Gasteiger partial charge on any atom is 0.136 e. The molecule has 2 N–H and O–H groups in total. The number of benzene rings is 2. The van der Waals surface area contributed by atoms with Crippen LogP contribution < -0.4 is 18.9 Å². The first-order chi connectivity index (χ1) is 12.4. The lowest BCUT2D eigenvalue weighted by molar-refractivity contribution is 0.0462. The molecule has 6 heteroatoms. The Bertz CT molecular complexity index is 808. The second kappa shape index (κ2) is 8.29. The van der Waals surface area contributed by atoms with E-state index in [1.165, 1.54) is 14.2 Å². The molecule has 0 bridgehead atoms. The number of hydrogen-bond donors (Lipinski definition) is 2. The highest BCUT2D eigenvalue weighted by Crippen LogP contribution is 2.48.